The van der Waals surface area contributed by atoms with Crippen molar-refractivity contribution in [2.45, 2.75) is 417 Å². The van der Waals surface area contributed by atoms with Gasteiger partial charge in [-0.1, -0.05) is 328 Å². The van der Waals surface area contributed by atoms with Gasteiger partial charge in [-0.3, -0.25) is 14.4 Å². The lowest BCUT2D eigenvalue weighted by atomic mass is 9.98. The van der Waals surface area contributed by atoms with Gasteiger partial charge in [0.1, 0.15) is 18.8 Å². The summed E-state index contributed by atoms with van der Waals surface area (Å²) in [7, 11) is 0. The Morgan fingerprint density at radius 1 is 0.376 bits per heavy atom. The van der Waals surface area contributed by atoms with E-state index in [0.717, 1.165) is 57.8 Å². The smallest absolute Gasteiger partial charge is 0.335 e. The minimum Gasteiger partial charge on any atom is -0.479 e. The summed E-state index contributed by atoms with van der Waals surface area (Å²) in [5.41, 5.74) is 0. The Morgan fingerprint density at radius 3 is 1.00 bits per heavy atom. The number of aliphatic hydroxyl groups is 2. The Bertz CT molecular complexity index is 1520. The van der Waals surface area contributed by atoms with Gasteiger partial charge in [0.25, 0.3) is 0 Å². The zero-order valence-electron chi connectivity index (χ0n) is 55.6. The molecule has 12 heteroatoms. The zero-order valence-corrected chi connectivity index (χ0v) is 55.6. The van der Waals surface area contributed by atoms with Gasteiger partial charge in [0.15, 0.2) is 24.6 Å². The summed E-state index contributed by atoms with van der Waals surface area (Å²) < 4.78 is 28.7. The fraction of sp³-hybridized carbons (Fsp3) is 0.918. The topological polar surface area (TPSA) is 175 Å². The number of carbonyl (C=O) groups is 4. The highest BCUT2D eigenvalue weighted by Gasteiger charge is 2.50. The molecule has 6 unspecified atom stereocenters. The third-order valence-corrected chi connectivity index (χ3v) is 17.3. The molecule has 0 aromatic carbocycles. The molecular weight excluding hydrogens is 1070 g/mol. The molecule has 1 fully saturated rings. The van der Waals surface area contributed by atoms with Gasteiger partial charge in [0.2, 0.25) is 0 Å². The maximum absolute atomic E-state index is 13.3. The molecule has 1 saturated heterocycles. The number of carboxylic acid groups (broad SMARTS) is 1. The number of ether oxygens (including phenoxy) is 5. The summed E-state index contributed by atoms with van der Waals surface area (Å²) in [5, 5.41) is 31.7. The molecule has 85 heavy (non-hydrogen) atoms. The fourth-order valence-corrected chi connectivity index (χ4v) is 11.7. The van der Waals surface area contributed by atoms with Crippen molar-refractivity contribution in [1.82, 2.24) is 0 Å². The van der Waals surface area contributed by atoms with Crippen LogP contribution in [0.5, 0.6) is 0 Å². The Hall–Kier alpha value is -2.54. The molecule has 1 rings (SSSR count). The van der Waals surface area contributed by atoms with Crippen LogP contribution in [0.3, 0.4) is 0 Å². The predicted octanol–water partition coefficient (Wildman–Crippen LogP) is 20.4. The highest BCUT2D eigenvalue weighted by molar-refractivity contribution is 5.74. The highest BCUT2D eigenvalue weighted by Crippen LogP contribution is 2.27. The minimum absolute atomic E-state index is 0.0698. The first-order valence-corrected chi connectivity index (χ1v) is 36.7. The van der Waals surface area contributed by atoms with Crippen molar-refractivity contribution in [1.29, 1.82) is 0 Å². The van der Waals surface area contributed by atoms with Crippen LogP contribution in [0.25, 0.3) is 0 Å². The van der Waals surface area contributed by atoms with E-state index < -0.39 is 67.3 Å². The number of hydrogen-bond acceptors (Lipinski definition) is 11. The number of carboxylic acids is 1. The molecule has 0 bridgehead atoms. The summed E-state index contributed by atoms with van der Waals surface area (Å²) >= 11 is 0. The molecule has 0 aromatic heterocycles. The van der Waals surface area contributed by atoms with Gasteiger partial charge in [0.05, 0.1) is 6.61 Å². The minimum atomic E-state index is -1.90. The van der Waals surface area contributed by atoms with Crippen molar-refractivity contribution in [2.75, 3.05) is 13.2 Å². The molecule has 500 valence electrons. The van der Waals surface area contributed by atoms with Crippen molar-refractivity contribution < 1.29 is 58.2 Å². The van der Waals surface area contributed by atoms with Crippen molar-refractivity contribution in [3.8, 4) is 0 Å². The Labute approximate surface area is 522 Å². The number of allylic oxidation sites excluding steroid dienone is 2. The SMILES string of the molecule is CCCCCCCC/C=C\CCCCCCCCCCCC(=O)OCC(COC1OC(C(=O)O)C(O)C(O)C1OC(=O)CCCCCCCCCCCCCCCCCCC)OC(=O)CCCCCCCCCCCCCCCCCCCCC. The summed E-state index contributed by atoms with van der Waals surface area (Å²) in [5.74, 6) is -3.06. The first-order chi connectivity index (χ1) is 41.6. The average molecular weight is 1210 g/mol. The number of aliphatic carboxylic acids is 1. The van der Waals surface area contributed by atoms with E-state index in [0.29, 0.717) is 19.3 Å². The monoisotopic (exact) mass is 1210 g/mol. The molecule has 0 amide bonds. The van der Waals surface area contributed by atoms with E-state index in [-0.39, 0.29) is 25.9 Å². The van der Waals surface area contributed by atoms with Gasteiger partial charge in [-0.05, 0) is 44.9 Å². The molecule has 1 aliphatic heterocycles. The Balaban J connectivity index is 2.60. The predicted molar refractivity (Wildman–Crippen MR) is 350 cm³/mol. The second kappa shape index (κ2) is 61.7. The second-order valence-corrected chi connectivity index (χ2v) is 25.6. The molecule has 0 aromatic rings. The summed E-state index contributed by atoms with van der Waals surface area (Å²) in [6.07, 6.45) is 60.2. The van der Waals surface area contributed by atoms with Gasteiger partial charge in [-0.15, -0.1) is 0 Å². The highest BCUT2D eigenvalue weighted by atomic mass is 16.7. The first-order valence-electron chi connectivity index (χ1n) is 36.7. The quantitative estimate of drug-likeness (QED) is 0.0228. The second-order valence-electron chi connectivity index (χ2n) is 25.6. The number of aliphatic hydroxyl groups excluding tert-OH is 2. The number of hydrogen-bond donors (Lipinski definition) is 3. The van der Waals surface area contributed by atoms with Crippen molar-refractivity contribution in [2.24, 2.45) is 0 Å². The van der Waals surface area contributed by atoms with Gasteiger partial charge in [-0.2, -0.15) is 0 Å². The van der Waals surface area contributed by atoms with Crippen LogP contribution >= 0.6 is 0 Å². The summed E-state index contributed by atoms with van der Waals surface area (Å²) in [4.78, 5) is 51.5. The van der Waals surface area contributed by atoms with Crippen molar-refractivity contribution in [3.05, 3.63) is 12.2 Å². The standard InChI is InChI=1S/C73H136O12/c1-4-7-10-13-16-19-22-25-28-31-33-36-38-41-44-47-50-53-56-59-65(74)81-62-64(83-66(75)60-57-54-51-48-45-42-40-37-34-32-29-26-23-20-17-14-11-8-5-2)63-82-73-71(69(78)68(77)70(85-73)72(79)80)84-67(76)61-58-55-52-49-46-43-39-35-30-27-24-21-18-15-12-9-6-3/h25,28,64,68-71,73,77-78H,4-24,26-27,29-63H2,1-3H3,(H,79,80)/b28-25-. The number of esters is 3. The van der Waals surface area contributed by atoms with Crippen LogP contribution in [-0.2, 0) is 42.9 Å². The lowest BCUT2D eigenvalue weighted by molar-refractivity contribution is -0.301. The van der Waals surface area contributed by atoms with Crippen LogP contribution in [0.4, 0.5) is 0 Å². The van der Waals surface area contributed by atoms with Crippen LogP contribution in [0.1, 0.15) is 380 Å². The number of carbonyl (C=O) groups excluding carboxylic acids is 3. The van der Waals surface area contributed by atoms with E-state index in [9.17, 15) is 34.5 Å². The maximum atomic E-state index is 13.3. The third-order valence-electron chi connectivity index (χ3n) is 17.3. The largest absolute Gasteiger partial charge is 0.479 e. The van der Waals surface area contributed by atoms with Gasteiger partial charge in [-0.25, -0.2) is 4.79 Å². The molecule has 12 nitrogen and oxygen atoms in total. The third kappa shape index (κ3) is 51.0. The Kier molecular flexibility index (Phi) is 58.4. The molecular formula is C73H136O12. The number of rotatable bonds is 65. The Morgan fingerprint density at radius 2 is 0.671 bits per heavy atom. The van der Waals surface area contributed by atoms with Crippen molar-refractivity contribution >= 4 is 23.9 Å². The summed E-state index contributed by atoms with van der Waals surface area (Å²) in [6.45, 7) is 6.09. The van der Waals surface area contributed by atoms with Crippen molar-refractivity contribution in [3.63, 3.8) is 0 Å². The van der Waals surface area contributed by atoms with Crippen LogP contribution in [0.2, 0.25) is 0 Å². The van der Waals surface area contributed by atoms with Gasteiger partial charge in [0, 0.05) is 19.3 Å². The molecule has 0 radical (unpaired) electrons. The van der Waals surface area contributed by atoms with E-state index >= 15 is 0 Å². The maximum Gasteiger partial charge on any atom is 0.335 e. The zero-order chi connectivity index (χ0) is 61.7. The van der Waals surface area contributed by atoms with E-state index in [1.807, 2.05) is 0 Å². The van der Waals surface area contributed by atoms with E-state index in [4.69, 9.17) is 23.7 Å². The van der Waals surface area contributed by atoms with Gasteiger partial charge < -0.3 is 39.0 Å². The van der Waals surface area contributed by atoms with Crippen LogP contribution in [-0.4, -0.2) is 89.2 Å². The average Bonchev–Trinajstić information content (AvgIpc) is 3.46. The summed E-state index contributed by atoms with van der Waals surface area (Å²) in [6, 6.07) is 0. The van der Waals surface area contributed by atoms with Crippen LogP contribution < -0.4 is 0 Å². The lowest BCUT2D eigenvalue weighted by Gasteiger charge is -2.40. The van der Waals surface area contributed by atoms with E-state index in [1.54, 1.807) is 0 Å². The first kappa shape index (κ1) is 80.5. The van der Waals surface area contributed by atoms with E-state index in [2.05, 4.69) is 32.9 Å². The number of unbranched alkanes of at least 4 members (excludes halogenated alkanes) is 49. The molecule has 1 aliphatic rings. The molecule has 0 aliphatic carbocycles. The molecule has 1 heterocycles. The van der Waals surface area contributed by atoms with Crippen LogP contribution in [0.15, 0.2) is 12.2 Å². The molecule has 6 atom stereocenters. The molecule has 0 saturated carbocycles. The normalized spacial score (nSPS) is 17.4. The molecule has 0 spiro atoms. The molecule has 3 N–H and O–H groups in total. The van der Waals surface area contributed by atoms with Crippen LogP contribution in [0, 0.1) is 0 Å². The van der Waals surface area contributed by atoms with E-state index in [1.165, 1.54) is 263 Å². The fourth-order valence-electron chi connectivity index (χ4n) is 11.7. The lowest BCUT2D eigenvalue weighted by Crippen LogP contribution is -2.61. The van der Waals surface area contributed by atoms with Gasteiger partial charge >= 0.3 is 23.9 Å².